The molecule has 0 aliphatic carbocycles. The summed E-state index contributed by atoms with van der Waals surface area (Å²) in [6.07, 6.45) is 2.85. The number of nitrogens with zero attached hydrogens (tertiary/aromatic N) is 2. The predicted molar refractivity (Wildman–Crippen MR) is 88.4 cm³/mol. The maximum atomic E-state index is 12.6. The molecule has 8 nitrogen and oxygen atoms in total. The summed E-state index contributed by atoms with van der Waals surface area (Å²) in [5.74, 6) is 0.0177. The van der Waals surface area contributed by atoms with E-state index in [0.29, 0.717) is 18.7 Å². The van der Waals surface area contributed by atoms with Crippen LogP contribution in [0, 0.1) is 0 Å². The van der Waals surface area contributed by atoms with Crippen LogP contribution in [0.3, 0.4) is 0 Å². The highest BCUT2D eigenvalue weighted by atomic mass is 32.2. The average Bonchev–Trinajstić information content (AvgIpc) is 3.08. The molecule has 0 saturated carbocycles. The van der Waals surface area contributed by atoms with Crippen LogP contribution in [-0.4, -0.2) is 68.8 Å². The maximum Gasteiger partial charge on any atom is 0.238 e. The second-order valence-electron chi connectivity index (χ2n) is 5.85. The van der Waals surface area contributed by atoms with Gasteiger partial charge in [0.15, 0.2) is 9.84 Å². The van der Waals surface area contributed by atoms with Crippen LogP contribution in [0.2, 0.25) is 0 Å². The zero-order chi connectivity index (χ0) is 18.0. The lowest BCUT2D eigenvalue weighted by molar-refractivity contribution is -0.133. The van der Waals surface area contributed by atoms with Gasteiger partial charge in [0.1, 0.15) is 5.76 Å². The van der Waals surface area contributed by atoms with Crippen LogP contribution >= 0.6 is 0 Å². The number of carbonyl (C=O) groups is 1. The van der Waals surface area contributed by atoms with Gasteiger partial charge in [0.25, 0.3) is 0 Å². The van der Waals surface area contributed by atoms with Gasteiger partial charge >= 0.3 is 0 Å². The van der Waals surface area contributed by atoms with E-state index in [2.05, 4.69) is 0 Å². The molecule has 1 unspecified atom stereocenters. The number of hydrogen-bond acceptors (Lipinski definition) is 6. The molecule has 10 heteroatoms. The fourth-order valence-corrected chi connectivity index (χ4v) is 5.21. The summed E-state index contributed by atoms with van der Waals surface area (Å²) in [4.78, 5) is 14.0. The molecule has 1 amide bonds. The summed E-state index contributed by atoms with van der Waals surface area (Å²) in [5, 5.41) is 0. The zero-order valence-corrected chi connectivity index (χ0v) is 15.3. The quantitative estimate of drug-likeness (QED) is 0.665. The summed E-state index contributed by atoms with van der Waals surface area (Å²) in [6, 6.07) is 2.88. The first-order valence-electron chi connectivity index (χ1n) is 7.60. The van der Waals surface area contributed by atoms with Crippen LogP contribution in [0.1, 0.15) is 19.1 Å². The van der Waals surface area contributed by atoms with E-state index in [4.69, 9.17) is 4.42 Å². The van der Waals surface area contributed by atoms with Crippen LogP contribution < -0.4 is 0 Å². The van der Waals surface area contributed by atoms with Gasteiger partial charge in [-0.3, -0.25) is 4.79 Å². The van der Waals surface area contributed by atoms with Crippen LogP contribution in [0.4, 0.5) is 0 Å². The zero-order valence-electron chi connectivity index (χ0n) is 13.7. The third-order valence-electron chi connectivity index (χ3n) is 4.00. The summed E-state index contributed by atoms with van der Waals surface area (Å²) in [7, 11) is -6.74. The lowest BCUT2D eigenvalue weighted by atomic mass is 10.2. The number of sulfonamides is 1. The highest BCUT2D eigenvalue weighted by molar-refractivity contribution is 7.91. The van der Waals surface area contributed by atoms with E-state index in [0.717, 1.165) is 10.6 Å². The van der Waals surface area contributed by atoms with Gasteiger partial charge < -0.3 is 9.32 Å². The van der Waals surface area contributed by atoms with Crippen molar-refractivity contribution in [1.82, 2.24) is 9.21 Å². The van der Waals surface area contributed by atoms with E-state index in [1.807, 2.05) is 0 Å². The van der Waals surface area contributed by atoms with Gasteiger partial charge in [-0.25, -0.2) is 16.8 Å². The van der Waals surface area contributed by atoms with E-state index in [9.17, 15) is 21.6 Å². The molecule has 0 spiro atoms. The Hall–Kier alpha value is -1.39. The van der Waals surface area contributed by atoms with E-state index in [-0.39, 0.29) is 24.6 Å². The normalized spacial score (nSPS) is 20.4. The molecule has 136 valence electrons. The number of sulfone groups is 1. The Balaban J connectivity index is 2.11. The minimum Gasteiger partial charge on any atom is -0.468 e. The van der Waals surface area contributed by atoms with E-state index < -0.39 is 31.8 Å². The predicted octanol–water partition coefficient (Wildman–Crippen LogP) is 0.0768. The third-order valence-corrected chi connectivity index (χ3v) is 6.95. The standard InChI is InChI=1S/C14H22N2O6S2/c1-3-16(12-6-8-24(20,21)11-12)14(17)10-15(23(2,18)19)9-13-5-4-7-22-13/h4-5,7,12H,3,6,8-11H2,1-2H3. The molecule has 1 atom stereocenters. The van der Waals surface area contributed by atoms with Crippen molar-refractivity contribution in [1.29, 1.82) is 0 Å². The van der Waals surface area contributed by atoms with Crippen molar-refractivity contribution in [3.8, 4) is 0 Å². The lowest BCUT2D eigenvalue weighted by Gasteiger charge is -2.29. The summed E-state index contributed by atoms with van der Waals surface area (Å²) < 4.78 is 53.3. The van der Waals surface area contributed by atoms with Gasteiger partial charge in [-0.1, -0.05) is 0 Å². The van der Waals surface area contributed by atoms with Crippen molar-refractivity contribution in [2.75, 3.05) is 30.9 Å². The molecule has 0 aromatic carbocycles. The average molecular weight is 378 g/mol. The van der Waals surface area contributed by atoms with Crippen molar-refractivity contribution < 1.29 is 26.0 Å². The van der Waals surface area contributed by atoms with Crippen molar-refractivity contribution >= 4 is 25.8 Å². The van der Waals surface area contributed by atoms with Crippen LogP contribution in [0.15, 0.2) is 22.8 Å². The van der Waals surface area contributed by atoms with Crippen molar-refractivity contribution in [3.05, 3.63) is 24.2 Å². The number of rotatable bonds is 7. The SMILES string of the molecule is CCN(C(=O)CN(Cc1ccco1)S(C)(=O)=O)C1CCS(=O)(=O)C1. The first kappa shape index (κ1) is 18.9. The molecule has 0 bridgehead atoms. The smallest absolute Gasteiger partial charge is 0.238 e. The van der Waals surface area contributed by atoms with Crippen molar-refractivity contribution in [3.63, 3.8) is 0 Å². The molecule has 0 N–H and O–H groups in total. The van der Waals surface area contributed by atoms with Gasteiger partial charge in [0, 0.05) is 12.6 Å². The highest BCUT2D eigenvalue weighted by Gasteiger charge is 2.35. The van der Waals surface area contributed by atoms with Gasteiger partial charge in [-0.05, 0) is 25.5 Å². The molecular weight excluding hydrogens is 356 g/mol. The number of likely N-dealkylation sites (N-methyl/N-ethyl adjacent to an activating group) is 1. The molecule has 1 aliphatic heterocycles. The number of hydrogen-bond donors (Lipinski definition) is 0. The van der Waals surface area contributed by atoms with E-state index in [1.165, 1.54) is 11.2 Å². The van der Waals surface area contributed by atoms with Gasteiger partial charge in [-0.15, -0.1) is 0 Å². The number of amides is 1. The van der Waals surface area contributed by atoms with Gasteiger partial charge in [0.05, 0.1) is 37.1 Å². The van der Waals surface area contributed by atoms with Gasteiger partial charge in [0.2, 0.25) is 15.9 Å². The topological polar surface area (TPSA) is 105 Å². The maximum absolute atomic E-state index is 12.6. The fourth-order valence-electron chi connectivity index (χ4n) is 2.77. The molecule has 1 aromatic rings. The molecule has 2 heterocycles. The van der Waals surface area contributed by atoms with Crippen molar-refractivity contribution in [2.45, 2.75) is 25.9 Å². The van der Waals surface area contributed by atoms with Crippen molar-refractivity contribution in [2.24, 2.45) is 0 Å². The van der Waals surface area contributed by atoms with E-state index >= 15 is 0 Å². The van der Waals surface area contributed by atoms with Crippen LogP contribution in [-0.2, 0) is 31.2 Å². The number of furan rings is 1. The second-order valence-corrected chi connectivity index (χ2v) is 10.1. The monoisotopic (exact) mass is 378 g/mol. The van der Waals surface area contributed by atoms with Crippen LogP contribution in [0.5, 0.6) is 0 Å². The Morgan fingerprint density at radius 3 is 2.58 bits per heavy atom. The summed E-state index contributed by atoms with van der Waals surface area (Å²) >= 11 is 0. The Morgan fingerprint density at radius 1 is 1.42 bits per heavy atom. The second kappa shape index (κ2) is 7.24. The van der Waals surface area contributed by atoms with Crippen LogP contribution in [0.25, 0.3) is 0 Å². The molecule has 1 fully saturated rings. The molecule has 1 saturated heterocycles. The van der Waals surface area contributed by atoms with Gasteiger partial charge in [-0.2, -0.15) is 4.31 Å². The Morgan fingerprint density at radius 2 is 2.12 bits per heavy atom. The number of carbonyl (C=O) groups excluding carboxylic acids is 1. The molecule has 0 radical (unpaired) electrons. The third kappa shape index (κ3) is 4.81. The minimum absolute atomic E-state index is 0.0436. The lowest BCUT2D eigenvalue weighted by Crippen LogP contribution is -2.47. The largest absolute Gasteiger partial charge is 0.468 e. The molecular formula is C14H22N2O6S2. The Labute approximate surface area is 142 Å². The molecule has 24 heavy (non-hydrogen) atoms. The fraction of sp³-hybridized carbons (Fsp3) is 0.643. The summed E-state index contributed by atoms with van der Waals surface area (Å²) in [6.45, 7) is 1.69. The molecule has 1 aliphatic rings. The highest BCUT2D eigenvalue weighted by Crippen LogP contribution is 2.19. The Kier molecular flexibility index (Phi) is 5.71. The molecule has 2 rings (SSSR count). The first-order chi connectivity index (χ1) is 11.1. The summed E-state index contributed by atoms with van der Waals surface area (Å²) in [5.41, 5.74) is 0. The first-order valence-corrected chi connectivity index (χ1v) is 11.3. The minimum atomic E-state index is -3.62. The van der Waals surface area contributed by atoms with E-state index in [1.54, 1.807) is 19.1 Å². The Bertz CT molecular complexity index is 770. The molecule has 1 aromatic heterocycles.